The number of furan rings is 1. The number of thiophene rings is 1. The Morgan fingerprint density at radius 1 is 0.871 bits per heavy atom. The third-order valence-corrected chi connectivity index (χ3v) is 7.05. The zero-order valence-electron chi connectivity index (χ0n) is 16.7. The number of fused-ring (bicyclic) bond motifs is 2. The van der Waals surface area contributed by atoms with Gasteiger partial charge in [0.1, 0.15) is 21.4 Å². The summed E-state index contributed by atoms with van der Waals surface area (Å²) in [5.41, 5.74) is 10.3. The summed E-state index contributed by atoms with van der Waals surface area (Å²) in [4.78, 5) is 0. The van der Waals surface area contributed by atoms with E-state index in [1.54, 1.807) is 20.3 Å². The molecule has 0 fully saturated rings. The number of methoxy groups -OCH3 is 2. The van der Waals surface area contributed by atoms with E-state index in [0.717, 1.165) is 32.3 Å². The molecule has 31 heavy (non-hydrogen) atoms. The van der Waals surface area contributed by atoms with Crippen LogP contribution in [0.15, 0.2) is 59.0 Å². The summed E-state index contributed by atoms with van der Waals surface area (Å²) in [7, 11) is 3.25. The average Bonchev–Trinajstić information content (AvgIpc) is 3.28. The number of anilines is 1. The molecule has 5 aromatic rings. The van der Waals surface area contributed by atoms with Crippen LogP contribution in [0.25, 0.3) is 43.5 Å². The number of para-hydroxylation sites is 1. The molecule has 5 rings (SSSR count). The molecule has 0 unspecified atom stereocenters. The molecule has 0 amide bonds. The molecule has 0 bridgehead atoms. The van der Waals surface area contributed by atoms with Crippen molar-refractivity contribution in [2.24, 2.45) is 0 Å². The van der Waals surface area contributed by atoms with Crippen LogP contribution in [0.5, 0.6) is 11.5 Å². The van der Waals surface area contributed by atoms with Crippen LogP contribution in [0.1, 0.15) is 0 Å². The minimum atomic E-state index is 0.507. The second kappa shape index (κ2) is 7.68. The van der Waals surface area contributed by atoms with E-state index in [1.807, 2.05) is 48.5 Å². The molecule has 4 nitrogen and oxygen atoms in total. The predicted octanol–water partition coefficient (Wildman–Crippen LogP) is 7.89. The van der Waals surface area contributed by atoms with Gasteiger partial charge in [0.05, 0.1) is 24.9 Å². The van der Waals surface area contributed by atoms with Crippen LogP contribution in [0.4, 0.5) is 5.69 Å². The zero-order chi connectivity index (χ0) is 21.7. The molecule has 156 valence electrons. The highest BCUT2D eigenvalue weighted by Crippen LogP contribution is 2.48. The van der Waals surface area contributed by atoms with Crippen molar-refractivity contribution in [3.05, 3.63) is 64.0 Å². The average molecular weight is 470 g/mol. The van der Waals surface area contributed by atoms with Gasteiger partial charge >= 0.3 is 0 Å². The Labute approximate surface area is 192 Å². The fourth-order valence-corrected chi connectivity index (χ4v) is 5.47. The van der Waals surface area contributed by atoms with Gasteiger partial charge in [0.2, 0.25) is 0 Å². The lowest BCUT2D eigenvalue weighted by Crippen LogP contribution is -1.94. The van der Waals surface area contributed by atoms with Crippen LogP contribution in [0.2, 0.25) is 9.36 Å². The fourth-order valence-electron chi connectivity index (χ4n) is 3.75. The highest BCUT2D eigenvalue weighted by Gasteiger charge is 2.21. The molecule has 0 saturated heterocycles. The largest absolute Gasteiger partial charge is 0.497 e. The standard InChI is InChI=1S/C24H17Cl2NO3S/c1-28-12-6-8-14-18(10-12)30-23(21(14)25)17-5-3-4-16(22(17)27)20-15-9-7-13(29-2)11-19(15)31-24(20)26/h3-11H,27H2,1-2H3. The Morgan fingerprint density at radius 3 is 2.29 bits per heavy atom. The van der Waals surface area contributed by atoms with Gasteiger partial charge in [0.25, 0.3) is 0 Å². The molecule has 0 aliphatic heterocycles. The highest BCUT2D eigenvalue weighted by atomic mass is 35.5. The van der Waals surface area contributed by atoms with Gasteiger partial charge in [0, 0.05) is 38.2 Å². The minimum absolute atomic E-state index is 0.507. The molecule has 0 aliphatic carbocycles. The summed E-state index contributed by atoms with van der Waals surface area (Å²) >= 11 is 14.8. The van der Waals surface area contributed by atoms with E-state index < -0.39 is 0 Å². The van der Waals surface area contributed by atoms with E-state index >= 15 is 0 Å². The molecule has 3 aromatic carbocycles. The molecule has 2 N–H and O–H groups in total. The first kappa shape index (κ1) is 20.1. The SMILES string of the molecule is COc1ccc2c(Cl)c(-c3cccc(-c4c(Cl)sc5cc(OC)ccc45)c3N)oc2c1. The molecule has 2 heterocycles. The number of ether oxygens (including phenoxy) is 2. The molecule has 0 radical (unpaired) electrons. The molecule has 0 spiro atoms. The summed E-state index contributed by atoms with van der Waals surface area (Å²) in [6.45, 7) is 0. The fraction of sp³-hybridized carbons (Fsp3) is 0.0833. The Morgan fingerprint density at radius 2 is 1.55 bits per heavy atom. The number of hydrogen-bond donors (Lipinski definition) is 1. The lowest BCUT2D eigenvalue weighted by atomic mass is 9.98. The van der Waals surface area contributed by atoms with Crippen molar-refractivity contribution >= 4 is 61.3 Å². The Hall–Kier alpha value is -2.86. The minimum Gasteiger partial charge on any atom is -0.497 e. The molecule has 0 aliphatic rings. The maximum atomic E-state index is 6.67. The third-order valence-electron chi connectivity index (χ3n) is 5.31. The summed E-state index contributed by atoms with van der Waals surface area (Å²) in [6, 6.07) is 17.2. The quantitative estimate of drug-likeness (QED) is 0.271. The Kier molecular flexibility index (Phi) is 4.97. The Bertz CT molecular complexity index is 1450. The van der Waals surface area contributed by atoms with Crippen molar-refractivity contribution < 1.29 is 13.9 Å². The van der Waals surface area contributed by atoms with E-state index in [4.69, 9.17) is 42.8 Å². The van der Waals surface area contributed by atoms with Crippen molar-refractivity contribution in [2.45, 2.75) is 0 Å². The number of halogens is 2. The molecular formula is C24H17Cl2NO3S. The van der Waals surface area contributed by atoms with Crippen LogP contribution < -0.4 is 15.2 Å². The lowest BCUT2D eigenvalue weighted by molar-refractivity contribution is 0.414. The topological polar surface area (TPSA) is 57.6 Å². The van der Waals surface area contributed by atoms with Gasteiger partial charge in [-0.2, -0.15) is 0 Å². The van der Waals surface area contributed by atoms with Crippen LogP contribution in [-0.2, 0) is 0 Å². The predicted molar refractivity (Wildman–Crippen MR) is 130 cm³/mol. The van der Waals surface area contributed by atoms with Crippen LogP contribution in [-0.4, -0.2) is 14.2 Å². The van der Waals surface area contributed by atoms with Crippen molar-refractivity contribution in [2.75, 3.05) is 20.0 Å². The number of nitrogen functional groups attached to an aromatic ring is 1. The van der Waals surface area contributed by atoms with E-state index in [9.17, 15) is 0 Å². The van der Waals surface area contributed by atoms with Crippen LogP contribution >= 0.6 is 34.5 Å². The summed E-state index contributed by atoms with van der Waals surface area (Å²) in [5.74, 6) is 1.99. The van der Waals surface area contributed by atoms with Crippen molar-refractivity contribution in [3.63, 3.8) is 0 Å². The second-order valence-corrected chi connectivity index (χ2v) is 9.02. The van der Waals surface area contributed by atoms with Crippen molar-refractivity contribution in [1.82, 2.24) is 0 Å². The smallest absolute Gasteiger partial charge is 0.156 e. The number of hydrogen-bond acceptors (Lipinski definition) is 5. The molecule has 0 saturated carbocycles. The summed E-state index contributed by atoms with van der Waals surface area (Å²) in [6.07, 6.45) is 0. The molecule has 7 heteroatoms. The lowest BCUT2D eigenvalue weighted by Gasteiger charge is -2.10. The van der Waals surface area contributed by atoms with Gasteiger partial charge in [-0.1, -0.05) is 35.3 Å². The maximum absolute atomic E-state index is 6.67. The Balaban J connectivity index is 1.71. The van der Waals surface area contributed by atoms with Gasteiger partial charge in [-0.25, -0.2) is 0 Å². The van der Waals surface area contributed by atoms with Gasteiger partial charge in [0.15, 0.2) is 5.76 Å². The number of benzene rings is 3. The zero-order valence-corrected chi connectivity index (χ0v) is 19.0. The first-order chi connectivity index (χ1) is 15.0. The second-order valence-electron chi connectivity index (χ2n) is 6.99. The van der Waals surface area contributed by atoms with E-state index in [2.05, 4.69) is 0 Å². The number of rotatable bonds is 4. The van der Waals surface area contributed by atoms with E-state index in [1.165, 1.54) is 11.3 Å². The first-order valence-electron chi connectivity index (χ1n) is 9.43. The van der Waals surface area contributed by atoms with Gasteiger partial charge in [-0.3, -0.25) is 0 Å². The highest BCUT2D eigenvalue weighted by molar-refractivity contribution is 7.23. The van der Waals surface area contributed by atoms with E-state index in [-0.39, 0.29) is 0 Å². The monoisotopic (exact) mass is 469 g/mol. The van der Waals surface area contributed by atoms with Gasteiger partial charge < -0.3 is 19.6 Å². The number of nitrogens with two attached hydrogens (primary N) is 1. The van der Waals surface area contributed by atoms with Crippen LogP contribution in [0, 0.1) is 0 Å². The first-order valence-corrected chi connectivity index (χ1v) is 11.0. The van der Waals surface area contributed by atoms with Crippen molar-refractivity contribution in [3.8, 4) is 33.9 Å². The third kappa shape index (κ3) is 3.21. The normalized spacial score (nSPS) is 11.4. The van der Waals surface area contributed by atoms with Gasteiger partial charge in [-0.05, 0) is 36.4 Å². The molecule has 2 aromatic heterocycles. The maximum Gasteiger partial charge on any atom is 0.156 e. The molecular weight excluding hydrogens is 453 g/mol. The van der Waals surface area contributed by atoms with Gasteiger partial charge in [-0.15, -0.1) is 11.3 Å². The van der Waals surface area contributed by atoms with Crippen molar-refractivity contribution in [1.29, 1.82) is 0 Å². The molecule has 0 atom stereocenters. The summed E-state index contributed by atoms with van der Waals surface area (Å²) < 4.78 is 18.4. The van der Waals surface area contributed by atoms with Crippen LogP contribution in [0.3, 0.4) is 0 Å². The summed E-state index contributed by atoms with van der Waals surface area (Å²) in [5, 5.41) is 2.32. The van der Waals surface area contributed by atoms with E-state index in [0.29, 0.717) is 37.7 Å².